The Labute approximate surface area is 170 Å². The number of amides is 1. The van der Waals surface area contributed by atoms with Gasteiger partial charge < -0.3 is 9.80 Å². The molecule has 5 rings (SSSR count). The highest BCUT2D eigenvalue weighted by molar-refractivity contribution is 5.93. The van der Waals surface area contributed by atoms with Gasteiger partial charge in [-0.05, 0) is 38.2 Å². The fraction of sp³-hybridized carbons (Fsp3) is 0.524. The van der Waals surface area contributed by atoms with E-state index < -0.39 is 0 Å². The standard InChI is InChI=1S/C21H27N7O/c1-14-4-5-17-16(12-14)19-20(22-6-7-28(19)24-17)26-8-10-27(11-9-26)21(29)18-13-15(2)23-25(18)3/h6-7,13-14H,4-5,8-12H2,1-3H3/t14-/m1/s1. The van der Waals surface area contributed by atoms with Crippen LogP contribution in [0.15, 0.2) is 18.5 Å². The molecule has 0 radical (unpaired) electrons. The van der Waals surface area contributed by atoms with Gasteiger partial charge in [0.25, 0.3) is 5.91 Å². The van der Waals surface area contributed by atoms with E-state index in [-0.39, 0.29) is 5.91 Å². The van der Waals surface area contributed by atoms with Gasteiger partial charge in [-0.3, -0.25) is 9.48 Å². The van der Waals surface area contributed by atoms with E-state index in [2.05, 4.69) is 16.9 Å². The van der Waals surface area contributed by atoms with E-state index in [0.717, 1.165) is 43.0 Å². The Bertz CT molecular complexity index is 1070. The van der Waals surface area contributed by atoms with Gasteiger partial charge in [-0.25, -0.2) is 9.50 Å². The van der Waals surface area contributed by atoms with E-state index >= 15 is 0 Å². The number of carbonyl (C=O) groups is 1. The zero-order valence-electron chi connectivity index (χ0n) is 17.3. The molecular formula is C21H27N7O. The molecule has 0 saturated carbocycles. The molecule has 0 aromatic carbocycles. The van der Waals surface area contributed by atoms with Crippen LogP contribution in [0.5, 0.6) is 0 Å². The molecule has 0 bridgehead atoms. The molecule has 8 heteroatoms. The summed E-state index contributed by atoms with van der Waals surface area (Å²) in [6.45, 7) is 7.12. The summed E-state index contributed by atoms with van der Waals surface area (Å²) >= 11 is 0. The van der Waals surface area contributed by atoms with Crippen molar-refractivity contribution < 1.29 is 4.79 Å². The van der Waals surface area contributed by atoms with E-state index in [9.17, 15) is 4.79 Å². The third kappa shape index (κ3) is 3.07. The highest BCUT2D eigenvalue weighted by Gasteiger charge is 2.28. The van der Waals surface area contributed by atoms with Gasteiger partial charge in [0, 0.05) is 51.2 Å². The summed E-state index contributed by atoms with van der Waals surface area (Å²) in [5, 5.41) is 9.12. The zero-order valence-corrected chi connectivity index (χ0v) is 17.3. The van der Waals surface area contributed by atoms with Gasteiger partial charge in [0.05, 0.1) is 11.4 Å². The van der Waals surface area contributed by atoms with E-state index in [4.69, 9.17) is 10.1 Å². The lowest BCUT2D eigenvalue weighted by atomic mass is 9.88. The summed E-state index contributed by atoms with van der Waals surface area (Å²) in [6.07, 6.45) is 7.10. The van der Waals surface area contributed by atoms with Crippen LogP contribution in [0.3, 0.4) is 0 Å². The van der Waals surface area contributed by atoms with Gasteiger partial charge in [-0.1, -0.05) is 6.92 Å². The molecule has 8 nitrogen and oxygen atoms in total. The highest BCUT2D eigenvalue weighted by atomic mass is 16.2. The van der Waals surface area contributed by atoms with Gasteiger partial charge >= 0.3 is 0 Å². The van der Waals surface area contributed by atoms with Crippen LogP contribution in [0.25, 0.3) is 5.52 Å². The Morgan fingerprint density at radius 1 is 1.17 bits per heavy atom. The summed E-state index contributed by atoms with van der Waals surface area (Å²) in [6, 6.07) is 1.86. The highest BCUT2D eigenvalue weighted by Crippen LogP contribution is 2.32. The first kappa shape index (κ1) is 18.1. The Balaban J connectivity index is 1.39. The van der Waals surface area contributed by atoms with Gasteiger partial charge in [-0.15, -0.1) is 0 Å². The van der Waals surface area contributed by atoms with E-state index in [1.807, 2.05) is 41.8 Å². The van der Waals surface area contributed by atoms with Crippen molar-refractivity contribution in [2.24, 2.45) is 13.0 Å². The minimum atomic E-state index is 0.0504. The monoisotopic (exact) mass is 393 g/mol. The van der Waals surface area contributed by atoms with E-state index in [0.29, 0.717) is 24.7 Å². The molecule has 3 aromatic rings. The number of aryl methyl sites for hydroxylation is 3. The van der Waals surface area contributed by atoms with Crippen molar-refractivity contribution in [3.63, 3.8) is 0 Å². The second-order valence-corrected chi connectivity index (χ2v) is 8.39. The first-order valence-electron chi connectivity index (χ1n) is 10.4. The van der Waals surface area contributed by atoms with Crippen molar-refractivity contribution in [3.05, 3.63) is 41.1 Å². The van der Waals surface area contributed by atoms with Gasteiger partial charge in [0.1, 0.15) is 11.2 Å². The largest absolute Gasteiger partial charge is 0.351 e. The van der Waals surface area contributed by atoms with E-state index in [1.54, 1.807) is 4.68 Å². The molecule has 4 heterocycles. The van der Waals surface area contributed by atoms with Crippen molar-refractivity contribution >= 4 is 17.2 Å². The molecule has 1 aliphatic heterocycles. The number of fused-ring (bicyclic) bond motifs is 3. The van der Waals surface area contributed by atoms with Gasteiger partial charge in [0.15, 0.2) is 5.82 Å². The number of nitrogens with zero attached hydrogens (tertiary/aromatic N) is 7. The van der Waals surface area contributed by atoms with Crippen LogP contribution >= 0.6 is 0 Å². The Kier molecular flexibility index (Phi) is 4.29. The van der Waals surface area contributed by atoms with Crippen LogP contribution in [0.4, 0.5) is 5.82 Å². The first-order valence-corrected chi connectivity index (χ1v) is 10.4. The molecular weight excluding hydrogens is 366 g/mol. The maximum absolute atomic E-state index is 12.9. The molecule has 0 N–H and O–H groups in total. The number of aromatic nitrogens is 5. The lowest BCUT2D eigenvalue weighted by molar-refractivity contribution is 0.0735. The molecule has 152 valence electrons. The molecule has 29 heavy (non-hydrogen) atoms. The zero-order chi connectivity index (χ0) is 20.1. The number of hydrogen-bond acceptors (Lipinski definition) is 5. The Morgan fingerprint density at radius 2 is 1.97 bits per heavy atom. The third-order valence-electron chi connectivity index (χ3n) is 6.22. The van der Waals surface area contributed by atoms with Crippen LogP contribution in [-0.4, -0.2) is 61.4 Å². The average molecular weight is 393 g/mol. The molecule has 0 unspecified atom stereocenters. The van der Waals surface area contributed by atoms with Gasteiger partial charge in [0.2, 0.25) is 0 Å². The van der Waals surface area contributed by atoms with Crippen LogP contribution < -0.4 is 4.90 Å². The van der Waals surface area contributed by atoms with Gasteiger partial charge in [-0.2, -0.15) is 10.2 Å². The quantitative estimate of drug-likeness (QED) is 0.665. The van der Waals surface area contributed by atoms with Crippen molar-refractivity contribution in [3.8, 4) is 0 Å². The molecule has 1 fully saturated rings. The van der Waals surface area contributed by atoms with Crippen LogP contribution in [0.1, 0.15) is 40.8 Å². The smallest absolute Gasteiger partial charge is 0.272 e. The SMILES string of the molecule is Cc1cc(C(=O)N2CCN(c3nccn4nc5c(c34)C[C@H](C)CC5)CC2)n(C)n1. The summed E-state index contributed by atoms with van der Waals surface area (Å²) in [5.41, 5.74) is 5.24. The number of piperazine rings is 1. The van der Waals surface area contributed by atoms with Crippen molar-refractivity contribution in [2.45, 2.75) is 33.1 Å². The first-order chi connectivity index (χ1) is 14.0. The average Bonchev–Trinajstić information content (AvgIpc) is 3.26. The molecule has 1 aliphatic carbocycles. The van der Waals surface area contributed by atoms with Crippen LogP contribution in [-0.2, 0) is 19.9 Å². The van der Waals surface area contributed by atoms with Crippen molar-refractivity contribution in [1.29, 1.82) is 0 Å². The maximum atomic E-state index is 12.9. The molecule has 3 aromatic heterocycles. The normalized spacial score (nSPS) is 19.6. The number of anilines is 1. The lowest BCUT2D eigenvalue weighted by Gasteiger charge is -2.35. The topological polar surface area (TPSA) is 71.6 Å². The summed E-state index contributed by atoms with van der Waals surface area (Å²) < 4.78 is 3.67. The second kappa shape index (κ2) is 6.86. The van der Waals surface area contributed by atoms with Crippen molar-refractivity contribution in [1.82, 2.24) is 29.3 Å². The second-order valence-electron chi connectivity index (χ2n) is 8.39. The Hall–Kier alpha value is -2.90. The van der Waals surface area contributed by atoms with E-state index in [1.165, 1.54) is 17.7 Å². The predicted octanol–water partition coefficient (Wildman–Crippen LogP) is 1.86. The lowest BCUT2D eigenvalue weighted by Crippen LogP contribution is -2.49. The molecule has 1 amide bonds. The molecule has 2 aliphatic rings. The predicted molar refractivity (Wildman–Crippen MR) is 110 cm³/mol. The number of carbonyl (C=O) groups excluding carboxylic acids is 1. The summed E-state index contributed by atoms with van der Waals surface area (Å²) in [7, 11) is 1.82. The molecule has 1 atom stereocenters. The van der Waals surface area contributed by atoms with Crippen LogP contribution in [0.2, 0.25) is 0 Å². The summed E-state index contributed by atoms with van der Waals surface area (Å²) in [5.74, 6) is 1.73. The Morgan fingerprint density at radius 3 is 2.69 bits per heavy atom. The third-order valence-corrected chi connectivity index (χ3v) is 6.22. The van der Waals surface area contributed by atoms with Crippen LogP contribution in [0, 0.1) is 12.8 Å². The fourth-order valence-electron chi connectivity index (χ4n) is 4.66. The minimum Gasteiger partial charge on any atom is -0.351 e. The maximum Gasteiger partial charge on any atom is 0.272 e. The van der Waals surface area contributed by atoms with Crippen molar-refractivity contribution in [2.75, 3.05) is 31.1 Å². The summed E-state index contributed by atoms with van der Waals surface area (Å²) in [4.78, 5) is 21.8. The number of rotatable bonds is 2. The fourth-order valence-corrected chi connectivity index (χ4v) is 4.66. The minimum absolute atomic E-state index is 0.0504. The molecule has 1 saturated heterocycles. The number of hydrogen-bond donors (Lipinski definition) is 0. The molecule has 0 spiro atoms.